The second-order valence-corrected chi connectivity index (χ2v) is 8.79. The fraction of sp³-hybridized carbons (Fsp3) is 0.417. The number of amides is 1. The van der Waals surface area contributed by atoms with Gasteiger partial charge in [0.25, 0.3) is 6.01 Å². The summed E-state index contributed by atoms with van der Waals surface area (Å²) < 4.78 is 55.2. The summed E-state index contributed by atoms with van der Waals surface area (Å²) in [6.07, 6.45) is -2.49. The number of benzene rings is 2. The molecule has 1 saturated carbocycles. The van der Waals surface area contributed by atoms with E-state index >= 15 is 0 Å². The van der Waals surface area contributed by atoms with Gasteiger partial charge in [0.2, 0.25) is 0 Å². The molecule has 2 aliphatic rings. The fourth-order valence-corrected chi connectivity index (χ4v) is 3.69. The molecule has 2 fully saturated rings. The minimum absolute atomic E-state index is 0.0261. The van der Waals surface area contributed by atoms with E-state index in [0.29, 0.717) is 41.7 Å². The second kappa shape index (κ2) is 8.73. The van der Waals surface area contributed by atoms with Crippen molar-refractivity contribution in [2.75, 3.05) is 24.6 Å². The molecule has 1 aliphatic carbocycles. The summed E-state index contributed by atoms with van der Waals surface area (Å²) >= 11 is 0. The monoisotopic (exact) mass is 475 g/mol. The van der Waals surface area contributed by atoms with Crippen LogP contribution in [0, 0.1) is 5.92 Å². The lowest BCUT2D eigenvalue weighted by atomic mass is 10.1. The molecule has 1 N–H and O–H groups in total. The fourth-order valence-electron chi connectivity index (χ4n) is 3.69. The number of alkyl halides is 3. The van der Waals surface area contributed by atoms with Crippen LogP contribution in [-0.2, 0) is 4.79 Å². The molecule has 0 radical (unpaired) electrons. The highest BCUT2D eigenvalue weighted by Crippen LogP contribution is 2.32. The van der Waals surface area contributed by atoms with Crippen molar-refractivity contribution < 1.29 is 31.9 Å². The molecule has 1 unspecified atom stereocenters. The zero-order valence-corrected chi connectivity index (χ0v) is 18.5. The van der Waals surface area contributed by atoms with Crippen molar-refractivity contribution in [1.82, 2.24) is 10.3 Å². The van der Waals surface area contributed by atoms with E-state index in [1.165, 1.54) is 19.8 Å². The Balaban J connectivity index is 1.17. The van der Waals surface area contributed by atoms with Gasteiger partial charge in [0.15, 0.2) is 5.58 Å². The van der Waals surface area contributed by atoms with E-state index < -0.39 is 18.1 Å². The highest BCUT2D eigenvalue weighted by atomic mass is 19.4. The molecule has 180 valence electrons. The Morgan fingerprint density at radius 3 is 2.71 bits per heavy atom. The number of anilines is 1. The van der Waals surface area contributed by atoms with Crippen molar-refractivity contribution in [3.63, 3.8) is 0 Å². The van der Waals surface area contributed by atoms with Crippen LogP contribution in [-0.4, -0.2) is 42.9 Å². The number of hydrogen-bond acceptors (Lipinski definition) is 6. The van der Waals surface area contributed by atoms with E-state index in [-0.39, 0.29) is 6.10 Å². The third-order valence-corrected chi connectivity index (χ3v) is 5.92. The lowest BCUT2D eigenvalue weighted by Crippen LogP contribution is -2.54. The number of nitrogens with one attached hydrogen (secondary N) is 1. The van der Waals surface area contributed by atoms with Gasteiger partial charge in [0.05, 0.1) is 25.7 Å². The normalized spacial score (nSPS) is 17.4. The first-order valence-electron chi connectivity index (χ1n) is 11.2. The number of nitrogens with zero attached hydrogens (tertiary/aromatic N) is 2. The molecule has 7 nitrogen and oxygen atoms in total. The van der Waals surface area contributed by atoms with E-state index in [1.807, 2.05) is 34.5 Å². The number of carbonyl (C=O) groups is 1. The van der Waals surface area contributed by atoms with Gasteiger partial charge in [0, 0.05) is 6.07 Å². The molecule has 1 aromatic heterocycles. The van der Waals surface area contributed by atoms with Gasteiger partial charge in [-0.2, -0.15) is 18.2 Å². The molecule has 1 aliphatic heterocycles. The van der Waals surface area contributed by atoms with Gasteiger partial charge in [-0.25, -0.2) is 0 Å². The van der Waals surface area contributed by atoms with Gasteiger partial charge in [-0.05, 0) is 55.5 Å². The predicted molar refractivity (Wildman–Crippen MR) is 118 cm³/mol. The molecule has 34 heavy (non-hydrogen) atoms. The van der Waals surface area contributed by atoms with Crippen molar-refractivity contribution in [3.8, 4) is 11.5 Å². The molecular formula is C24H24F3N3O4. The average Bonchev–Trinajstić information content (AvgIpc) is 3.50. The van der Waals surface area contributed by atoms with Crippen molar-refractivity contribution in [3.05, 3.63) is 48.0 Å². The Bertz CT molecular complexity index is 1190. The van der Waals surface area contributed by atoms with E-state index in [0.717, 1.165) is 18.1 Å². The second-order valence-electron chi connectivity index (χ2n) is 8.79. The Hall–Kier alpha value is -3.43. The van der Waals surface area contributed by atoms with Gasteiger partial charge < -0.3 is 24.1 Å². The summed E-state index contributed by atoms with van der Waals surface area (Å²) in [5.41, 5.74) is 1.50. The van der Waals surface area contributed by atoms with Crippen molar-refractivity contribution in [2.45, 2.75) is 38.1 Å². The molecule has 0 spiro atoms. The molecule has 1 atom stereocenters. The molecule has 3 aromatic rings. The Morgan fingerprint density at radius 1 is 1.21 bits per heavy atom. The predicted octanol–water partition coefficient (Wildman–Crippen LogP) is 4.62. The average molecular weight is 475 g/mol. The number of ether oxygens (including phenoxy) is 2. The smallest absolute Gasteiger partial charge is 0.471 e. The summed E-state index contributed by atoms with van der Waals surface area (Å²) in [4.78, 5) is 17.6. The summed E-state index contributed by atoms with van der Waals surface area (Å²) in [6, 6.07) is 12.1. The van der Waals surface area contributed by atoms with Crippen LogP contribution in [0.5, 0.6) is 11.5 Å². The van der Waals surface area contributed by atoms with Crippen LogP contribution in [0.3, 0.4) is 0 Å². The van der Waals surface area contributed by atoms with Crippen LogP contribution in [0.4, 0.5) is 19.2 Å². The van der Waals surface area contributed by atoms with Gasteiger partial charge >= 0.3 is 12.1 Å². The van der Waals surface area contributed by atoms with Crippen molar-refractivity contribution in [1.29, 1.82) is 0 Å². The van der Waals surface area contributed by atoms with E-state index in [9.17, 15) is 18.0 Å². The van der Waals surface area contributed by atoms with Crippen LogP contribution in [0.1, 0.15) is 31.4 Å². The molecule has 2 aromatic carbocycles. The number of rotatable bonds is 8. The minimum Gasteiger partial charge on any atom is -0.493 e. The first kappa shape index (κ1) is 22.4. The van der Waals surface area contributed by atoms with E-state index in [4.69, 9.17) is 13.9 Å². The van der Waals surface area contributed by atoms with Gasteiger partial charge in [-0.1, -0.05) is 12.1 Å². The van der Waals surface area contributed by atoms with Crippen LogP contribution in [0.25, 0.3) is 11.1 Å². The Labute approximate surface area is 193 Å². The van der Waals surface area contributed by atoms with Gasteiger partial charge in [-0.3, -0.25) is 4.79 Å². The first-order chi connectivity index (χ1) is 16.2. The summed E-state index contributed by atoms with van der Waals surface area (Å²) in [5, 5.41) is 1.94. The Kier molecular flexibility index (Phi) is 5.75. The lowest BCUT2D eigenvalue weighted by Gasteiger charge is -2.37. The summed E-state index contributed by atoms with van der Waals surface area (Å²) in [7, 11) is 0. The molecule has 1 saturated heterocycles. The minimum atomic E-state index is -4.93. The number of oxazole rings is 1. The molecular weight excluding hydrogens is 451 g/mol. The number of halogens is 3. The van der Waals surface area contributed by atoms with Crippen LogP contribution >= 0.6 is 0 Å². The molecule has 2 heterocycles. The molecule has 5 rings (SSSR count). The molecule has 1 amide bonds. The maximum absolute atomic E-state index is 12.5. The number of hydrogen-bond donors (Lipinski definition) is 1. The van der Waals surface area contributed by atoms with E-state index in [2.05, 4.69) is 4.98 Å². The van der Waals surface area contributed by atoms with Crippen molar-refractivity contribution in [2.24, 2.45) is 5.92 Å². The molecule has 10 heteroatoms. The maximum Gasteiger partial charge on any atom is 0.471 e. The number of fused-ring (bicyclic) bond motifs is 1. The largest absolute Gasteiger partial charge is 0.493 e. The van der Waals surface area contributed by atoms with Gasteiger partial charge in [0.1, 0.15) is 23.1 Å². The third-order valence-electron chi connectivity index (χ3n) is 5.92. The third kappa shape index (κ3) is 5.05. The maximum atomic E-state index is 12.5. The highest BCUT2D eigenvalue weighted by Gasteiger charge is 2.39. The number of aromatic nitrogens is 1. The van der Waals surface area contributed by atoms with E-state index in [1.54, 1.807) is 18.2 Å². The molecule has 0 bridgehead atoms. The first-order valence-corrected chi connectivity index (χ1v) is 11.2. The summed E-state index contributed by atoms with van der Waals surface area (Å²) in [5.74, 6) is 0.245. The topological polar surface area (TPSA) is 76.8 Å². The quantitative estimate of drug-likeness (QED) is 0.512. The number of carbonyl (C=O) groups excluding carboxylic acids is 1. The lowest BCUT2D eigenvalue weighted by molar-refractivity contribution is -0.174. The SMILES string of the molecule is CC(NC(=O)C(F)(F)F)c1ccc2nc(N3CC(Oc4cccc(OCC5CC5)c4)C3)oc2c1. The zero-order valence-electron chi connectivity index (χ0n) is 18.5. The van der Waals surface area contributed by atoms with Crippen LogP contribution < -0.4 is 19.7 Å². The Morgan fingerprint density at radius 2 is 1.97 bits per heavy atom. The standard InChI is InChI=1S/C24H24F3N3O4/c1-14(28-22(31)24(25,26)27)16-7-8-20-21(9-16)34-23(29-20)30-11-19(12-30)33-18-4-2-3-17(10-18)32-13-15-5-6-15/h2-4,7-10,14-15,19H,5-6,11-13H2,1H3,(H,28,31). The van der Waals surface area contributed by atoms with Gasteiger partial charge in [-0.15, -0.1) is 0 Å². The van der Waals surface area contributed by atoms with Crippen LogP contribution in [0.2, 0.25) is 0 Å². The van der Waals surface area contributed by atoms with Crippen LogP contribution in [0.15, 0.2) is 46.9 Å². The zero-order chi connectivity index (χ0) is 23.9. The highest BCUT2D eigenvalue weighted by molar-refractivity contribution is 5.82. The summed E-state index contributed by atoms with van der Waals surface area (Å²) in [6.45, 7) is 3.40. The van der Waals surface area contributed by atoms with Crippen molar-refractivity contribution >= 4 is 23.0 Å².